The van der Waals surface area contributed by atoms with E-state index < -0.39 is 0 Å². The number of nitrogens with zero attached hydrogens (tertiary/aromatic N) is 1. The summed E-state index contributed by atoms with van der Waals surface area (Å²) < 4.78 is 2.45. The first-order valence-electron chi connectivity index (χ1n) is 8.05. The summed E-state index contributed by atoms with van der Waals surface area (Å²) in [7, 11) is 0. The lowest BCUT2D eigenvalue weighted by molar-refractivity contribution is 0.660. The van der Waals surface area contributed by atoms with Crippen LogP contribution < -0.4 is 0 Å². The molecule has 1 aromatic heterocycles. The van der Waals surface area contributed by atoms with Crippen molar-refractivity contribution in [2.45, 2.75) is 38.6 Å². The molecule has 0 N–H and O–H groups in total. The summed E-state index contributed by atoms with van der Waals surface area (Å²) in [5.41, 5.74) is 5.86. The van der Waals surface area contributed by atoms with Gasteiger partial charge in [0.05, 0.1) is 0 Å². The monoisotopic (exact) mass is 275 g/mol. The van der Waals surface area contributed by atoms with E-state index in [1.165, 1.54) is 59.7 Å². The van der Waals surface area contributed by atoms with Gasteiger partial charge < -0.3 is 4.57 Å². The van der Waals surface area contributed by atoms with Gasteiger partial charge in [-0.1, -0.05) is 42.5 Å². The molecule has 0 atom stereocenters. The van der Waals surface area contributed by atoms with Crippen LogP contribution in [-0.2, 0) is 25.8 Å². The number of para-hydroxylation sites is 1. The average molecular weight is 275 g/mol. The molecule has 0 spiro atoms. The van der Waals surface area contributed by atoms with Crippen LogP contribution in [0.1, 0.15) is 29.5 Å². The molecule has 2 aliphatic heterocycles. The second-order valence-electron chi connectivity index (χ2n) is 6.14. The highest BCUT2D eigenvalue weighted by molar-refractivity contribution is 5.84. The maximum atomic E-state index is 2.45. The van der Waals surface area contributed by atoms with E-state index >= 15 is 0 Å². The van der Waals surface area contributed by atoms with E-state index in [0.29, 0.717) is 0 Å². The van der Waals surface area contributed by atoms with Crippen molar-refractivity contribution in [3.8, 4) is 0 Å². The molecule has 0 saturated heterocycles. The largest absolute Gasteiger partial charge is 0.347 e. The maximum absolute atomic E-state index is 2.45. The Kier molecular flexibility index (Phi) is 3.27. The standard InChI is InChI=1S/C20H21N/c1-2-9-20-19(8-1)18-7-3-5-16-10-12-17(13-11-16)6-4-14-21(20)15-18/h1-2,8-13,15H,3-7,14H2. The van der Waals surface area contributed by atoms with Crippen LogP contribution in [0.2, 0.25) is 0 Å². The Balaban J connectivity index is 1.72. The molecule has 0 saturated carbocycles. The number of aryl methyl sites for hydroxylation is 4. The molecule has 0 fully saturated rings. The van der Waals surface area contributed by atoms with E-state index in [1.54, 1.807) is 0 Å². The fraction of sp³-hybridized carbons (Fsp3) is 0.300. The molecule has 3 heterocycles. The average Bonchev–Trinajstić information content (AvgIpc) is 2.88. The van der Waals surface area contributed by atoms with Crippen molar-refractivity contribution in [1.29, 1.82) is 0 Å². The number of aromatic nitrogens is 1. The molecule has 1 nitrogen and oxygen atoms in total. The van der Waals surface area contributed by atoms with Crippen LogP contribution in [0.15, 0.2) is 54.7 Å². The predicted octanol–water partition coefficient (Wildman–Crippen LogP) is 4.76. The number of fused-ring (bicyclic) bond motifs is 7. The Morgan fingerprint density at radius 3 is 2.24 bits per heavy atom. The van der Waals surface area contributed by atoms with Crippen molar-refractivity contribution in [3.05, 3.63) is 71.4 Å². The minimum atomic E-state index is 1.11. The normalized spacial score (nSPS) is 15.4. The first-order chi connectivity index (χ1) is 10.4. The summed E-state index contributed by atoms with van der Waals surface area (Å²) in [6.07, 6.45) is 8.35. The lowest BCUT2D eigenvalue weighted by Crippen LogP contribution is -1.98. The molecule has 106 valence electrons. The molecule has 3 aromatic rings. The molecule has 4 bridgehead atoms. The highest BCUT2D eigenvalue weighted by Crippen LogP contribution is 2.24. The third kappa shape index (κ3) is 2.49. The minimum absolute atomic E-state index is 1.11. The van der Waals surface area contributed by atoms with Gasteiger partial charge in [0.25, 0.3) is 0 Å². The highest BCUT2D eigenvalue weighted by atomic mass is 15.0. The Morgan fingerprint density at radius 1 is 0.714 bits per heavy atom. The van der Waals surface area contributed by atoms with Crippen LogP contribution in [0.3, 0.4) is 0 Å². The zero-order valence-electron chi connectivity index (χ0n) is 12.4. The summed E-state index contributed by atoms with van der Waals surface area (Å²) >= 11 is 0. The fourth-order valence-corrected chi connectivity index (χ4v) is 3.52. The summed E-state index contributed by atoms with van der Waals surface area (Å²) in [5.74, 6) is 0. The zero-order valence-corrected chi connectivity index (χ0v) is 12.4. The molecule has 1 heteroatoms. The van der Waals surface area contributed by atoms with E-state index in [1.807, 2.05) is 0 Å². The van der Waals surface area contributed by atoms with Gasteiger partial charge in [0, 0.05) is 23.6 Å². The summed E-state index contributed by atoms with van der Waals surface area (Å²) in [6, 6.07) is 18.1. The van der Waals surface area contributed by atoms with Crippen LogP contribution in [0.4, 0.5) is 0 Å². The van der Waals surface area contributed by atoms with Crippen molar-refractivity contribution < 1.29 is 0 Å². The smallest absolute Gasteiger partial charge is 0.0483 e. The number of hydrogen-bond acceptors (Lipinski definition) is 0. The SMILES string of the molecule is c1ccc2c(c1)c1cn2CCCc2ccc(cc2)CCC1. The van der Waals surface area contributed by atoms with Gasteiger partial charge in [-0.2, -0.15) is 0 Å². The second-order valence-corrected chi connectivity index (χ2v) is 6.14. The van der Waals surface area contributed by atoms with E-state index in [0.717, 1.165) is 6.54 Å². The molecule has 0 amide bonds. The van der Waals surface area contributed by atoms with Gasteiger partial charge in [0.15, 0.2) is 0 Å². The van der Waals surface area contributed by atoms with Crippen molar-refractivity contribution in [2.24, 2.45) is 0 Å². The van der Waals surface area contributed by atoms with E-state index in [2.05, 4.69) is 59.3 Å². The summed E-state index contributed by atoms with van der Waals surface area (Å²) in [4.78, 5) is 0. The van der Waals surface area contributed by atoms with Crippen molar-refractivity contribution >= 4 is 10.9 Å². The molecular weight excluding hydrogens is 254 g/mol. The first-order valence-corrected chi connectivity index (χ1v) is 8.05. The van der Waals surface area contributed by atoms with Crippen LogP contribution in [0.25, 0.3) is 10.9 Å². The fourth-order valence-electron chi connectivity index (χ4n) is 3.52. The topological polar surface area (TPSA) is 4.93 Å². The van der Waals surface area contributed by atoms with Crippen molar-refractivity contribution in [1.82, 2.24) is 4.57 Å². The molecule has 2 aliphatic rings. The first kappa shape index (κ1) is 12.7. The Morgan fingerprint density at radius 2 is 1.43 bits per heavy atom. The third-order valence-corrected chi connectivity index (χ3v) is 4.67. The van der Waals surface area contributed by atoms with Crippen LogP contribution in [0, 0.1) is 0 Å². The molecule has 0 aliphatic carbocycles. The van der Waals surface area contributed by atoms with Crippen LogP contribution in [0.5, 0.6) is 0 Å². The number of hydrogen-bond donors (Lipinski definition) is 0. The van der Waals surface area contributed by atoms with E-state index in [-0.39, 0.29) is 0 Å². The summed E-state index contributed by atoms with van der Waals surface area (Å²) in [6.45, 7) is 1.11. The Hall–Kier alpha value is -2.02. The lowest BCUT2D eigenvalue weighted by Gasteiger charge is -2.07. The molecule has 2 aromatic carbocycles. The molecule has 0 unspecified atom stereocenters. The Labute approximate surface area is 126 Å². The van der Waals surface area contributed by atoms with Gasteiger partial charge in [-0.3, -0.25) is 0 Å². The summed E-state index contributed by atoms with van der Waals surface area (Å²) in [5, 5.41) is 1.45. The van der Waals surface area contributed by atoms with Gasteiger partial charge in [-0.05, 0) is 54.9 Å². The lowest BCUT2D eigenvalue weighted by atomic mass is 10.0. The highest BCUT2D eigenvalue weighted by Gasteiger charge is 2.09. The van der Waals surface area contributed by atoms with E-state index in [9.17, 15) is 0 Å². The molecular formula is C20H21N. The quantitative estimate of drug-likeness (QED) is 0.557. The molecule has 0 radical (unpaired) electrons. The van der Waals surface area contributed by atoms with Gasteiger partial charge in [0.2, 0.25) is 0 Å². The van der Waals surface area contributed by atoms with Crippen molar-refractivity contribution in [3.63, 3.8) is 0 Å². The predicted molar refractivity (Wildman–Crippen MR) is 88.7 cm³/mol. The van der Waals surface area contributed by atoms with Gasteiger partial charge >= 0.3 is 0 Å². The Bertz CT molecular complexity index is 686. The second kappa shape index (κ2) is 5.40. The molecule has 5 rings (SSSR count). The van der Waals surface area contributed by atoms with Gasteiger partial charge in [0.1, 0.15) is 0 Å². The number of rotatable bonds is 0. The van der Waals surface area contributed by atoms with Gasteiger partial charge in [-0.25, -0.2) is 0 Å². The van der Waals surface area contributed by atoms with Gasteiger partial charge in [-0.15, -0.1) is 0 Å². The maximum Gasteiger partial charge on any atom is 0.0483 e. The zero-order chi connectivity index (χ0) is 14.1. The van der Waals surface area contributed by atoms with Crippen LogP contribution in [-0.4, -0.2) is 4.57 Å². The number of benzene rings is 2. The van der Waals surface area contributed by atoms with Crippen molar-refractivity contribution in [2.75, 3.05) is 0 Å². The molecule has 21 heavy (non-hydrogen) atoms. The van der Waals surface area contributed by atoms with E-state index in [4.69, 9.17) is 0 Å². The minimum Gasteiger partial charge on any atom is -0.347 e. The van der Waals surface area contributed by atoms with Crippen LogP contribution >= 0.6 is 0 Å². The third-order valence-electron chi connectivity index (χ3n) is 4.67.